The summed E-state index contributed by atoms with van der Waals surface area (Å²) in [4.78, 5) is 21.3. The second-order valence-electron chi connectivity index (χ2n) is 5.98. The number of aliphatic imine (C=N–C) groups is 1. The van der Waals surface area contributed by atoms with Crippen LogP contribution in [0.2, 0.25) is 5.02 Å². The van der Waals surface area contributed by atoms with E-state index in [1.165, 1.54) is 0 Å². The number of nitrogens with two attached hydrogens (primary N) is 1. The number of nitrogens with zero attached hydrogens (tertiary/aromatic N) is 4. The Bertz CT molecular complexity index is 819. The largest absolute Gasteiger partial charge is 0.462 e. The summed E-state index contributed by atoms with van der Waals surface area (Å²) in [7, 11) is 0. The molecule has 1 aromatic carbocycles. The molecule has 1 heterocycles. The van der Waals surface area contributed by atoms with Crippen LogP contribution in [-0.2, 0) is 4.74 Å². The van der Waals surface area contributed by atoms with Crippen molar-refractivity contribution in [2.24, 2.45) is 10.7 Å². The number of anilines is 1. The average Bonchev–Trinajstić information content (AvgIpc) is 2.71. The lowest BCUT2D eigenvalue weighted by molar-refractivity contribution is 0.0498. The zero-order valence-electron chi connectivity index (χ0n) is 15.4. The Hall–Kier alpha value is -3.11. The second kappa shape index (κ2) is 11.6. The van der Waals surface area contributed by atoms with Gasteiger partial charge < -0.3 is 15.4 Å². The Labute approximate surface area is 169 Å². The van der Waals surface area contributed by atoms with Gasteiger partial charge in [-0.15, -0.1) is 4.99 Å². The van der Waals surface area contributed by atoms with E-state index in [-0.39, 0.29) is 11.9 Å². The highest BCUT2D eigenvalue weighted by Crippen LogP contribution is 2.14. The van der Waals surface area contributed by atoms with E-state index in [9.17, 15) is 4.79 Å². The van der Waals surface area contributed by atoms with Crippen molar-refractivity contribution < 1.29 is 9.53 Å². The molecule has 0 unspecified atom stereocenters. The van der Waals surface area contributed by atoms with Gasteiger partial charge in [0.25, 0.3) is 0 Å². The third-order valence-electron chi connectivity index (χ3n) is 4.00. The minimum Gasteiger partial charge on any atom is -0.462 e. The molecule has 0 spiro atoms. The fraction of sp³-hybridized carbons (Fsp3) is 0.300. The molecule has 2 rings (SSSR count). The number of ether oxygens (including phenoxy) is 1. The van der Waals surface area contributed by atoms with Crippen LogP contribution >= 0.6 is 11.6 Å². The van der Waals surface area contributed by atoms with Crippen LogP contribution in [0, 0.1) is 11.5 Å². The van der Waals surface area contributed by atoms with E-state index in [4.69, 9.17) is 27.3 Å². The molecule has 2 N–H and O–H groups in total. The van der Waals surface area contributed by atoms with E-state index in [1.54, 1.807) is 47.8 Å². The van der Waals surface area contributed by atoms with E-state index in [2.05, 4.69) is 9.98 Å². The minimum atomic E-state index is -0.346. The summed E-state index contributed by atoms with van der Waals surface area (Å²) in [6, 6.07) is 10.2. The van der Waals surface area contributed by atoms with Crippen LogP contribution in [0.25, 0.3) is 0 Å². The highest BCUT2D eigenvalue weighted by molar-refractivity contribution is 6.30. The lowest BCUT2D eigenvalue weighted by atomic mass is 10.2. The summed E-state index contributed by atoms with van der Waals surface area (Å²) < 4.78 is 5.26. The maximum atomic E-state index is 11.9. The molecule has 146 valence electrons. The molecular weight excluding hydrogens is 378 g/mol. The van der Waals surface area contributed by atoms with E-state index in [0.717, 1.165) is 31.4 Å². The number of pyridine rings is 1. The van der Waals surface area contributed by atoms with Crippen molar-refractivity contribution in [2.75, 3.05) is 18.1 Å². The molecule has 0 radical (unpaired) electrons. The molecule has 0 aliphatic rings. The predicted octanol–water partition coefficient (Wildman–Crippen LogP) is 3.75. The number of unbranched alkanes of at least 4 members (excludes halogenated alkanes) is 3. The molecular formula is C20H22ClN5O2. The van der Waals surface area contributed by atoms with E-state index < -0.39 is 0 Å². The van der Waals surface area contributed by atoms with E-state index in [0.29, 0.717) is 23.7 Å². The minimum absolute atomic E-state index is 0.158. The zero-order valence-corrected chi connectivity index (χ0v) is 16.2. The van der Waals surface area contributed by atoms with Crippen LogP contribution < -0.4 is 10.6 Å². The van der Waals surface area contributed by atoms with Gasteiger partial charge in [0.05, 0.1) is 12.2 Å². The number of hydrogen-bond acceptors (Lipinski definition) is 5. The standard InChI is InChI=1S/C20H22ClN5O2/c21-17-7-5-16(6-8-17)19(27)28-14-4-2-1-3-13-26(20(23)25-15-22)18-9-11-24-12-10-18/h5-12H,1-4,13-14H2,(H2,23,25). The average molecular weight is 400 g/mol. The van der Waals surface area contributed by atoms with Gasteiger partial charge in [-0.1, -0.05) is 18.0 Å². The van der Waals surface area contributed by atoms with Crippen LogP contribution in [0.3, 0.4) is 0 Å². The molecule has 0 atom stereocenters. The monoisotopic (exact) mass is 399 g/mol. The number of aromatic nitrogens is 1. The van der Waals surface area contributed by atoms with Gasteiger partial charge in [-0.3, -0.25) is 4.98 Å². The number of rotatable bonds is 9. The number of nitriles is 1. The number of carbonyl (C=O) groups excluding carboxylic acids is 1. The highest BCUT2D eigenvalue weighted by atomic mass is 35.5. The van der Waals surface area contributed by atoms with Gasteiger partial charge in [0.1, 0.15) is 0 Å². The molecule has 0 aliphatic heterocycles. The SMILES string of the molecule is N#CN=C(N)N(CCCCCCOC(=O)c1ccc(Cl)cc1)c1ccncc1. The number of hydrogen-bond donors (Lipinski definition) is 1. The molecule has 28 heavy (non-hydrogen) atoms. The van der Waals surface area contributed by atoms with Crippen molar-refractivity contribution in [2.45, 2.75) is 25.7 Å². The maximum absolute atomic E-state index is 11.9. The molecule has 7 nitrogen and oxygen atoms in total. The number of guanidine groups is 1. The third kappa shape index (κ3) is 6.89. The molecule has 0 aliphatic carbocycles. The Kier molecular flexibility index (Phi) is 8.76. The van der Waals surface area contributed by atoms with Crippen molar-refractivity contribution in [1.29, 1.82) is 5.26 Å². The van der Waals surface area contributed by atoms with Crippen LogP contribution in [-0.4, -0.2) is 30.1 Å². The van der Waals surface area contributed by atoms with Crippen molar-refractivity contribution in [3.8, 4) is 6.19 Å². The predicted molar refractivity (Wildman–Crippen MR) is 109 cm³/mol. The summed E-state index contributed by atoms with van der Waals surface area (Å²) in [5, 5.41) is 9.32. The van der Waals surface area contributed by atoms with Gasteiger partial charge in [-0.05, 0) is 55.7 Å². The maximum Gasteiger partial charge on any atom is 0.338 e. The first-order valence-corrected chi connectivity index (χ1v) is 9.32. The van der Waals surface area contributed by atoms with Gasteiger partial charge in [0.2, 0.25) is 12.2 Å². The summed E-state index contributed by atoms with van der Waals surface area (Å²) in [5.74, 6) is -0.188. The lowest BCUT2D eigenvalue weighted by Gasteiger charge is -2.22. The number of halogens is 1. The van der Waals surface area contributed by atoms with Crippen LogP contribution in [0.5, 0.6) is 0 Å². The molecule has 8 heteroatoms. The van der Waals surface area contributed by atoms with Crippen molar-refractivity contribution in [3.63, 3.8) is 0 Å². The molecule has 0 saturated heterocycles. The van der Waals surface area contributed by atoms with Crippen LogP contribution in [0.4, 0.5) is 5.69 Å². The molecule has 0 amide bonds. The number of esters is 1. The number of carbonyl (C=O) groups is 1. The normalized spacial score (nSPS) is 10.9. The van der Waals surface area contributed by atoms with Crippen molar-refractivity contribution in [1.82, 2.24) is 4.98 Å². The van der Waals surface area contributed by atoms with Crippen molar-refractivity contribution in [3.05, 3.63) is 59.4 Å². The lowest BCUT2D eigenvalue weighted by Crippen LogP contribution is -2.38. The fourth-order valence-electron chi connectivity index (χ4n) is 2.57. The first-order chi connectivity index (χ1) is 13.6. The van der Waals surface area contributed by atoms with Gasteiger partial charge in [-0.2, -0.15) is 5.26 Å². The third-order valence-corrected chi connectivity index (χ3v) is 4.26. The molecule has 0 bridgehead atoms. The summed E-state index contributed by atoms with van der Waals surface area (Å²) in [5.41, 5.74) is 7.21. The molecule has 1 aromatic heterocycles. The first-order valence-electron chi connectivity index (χ1n) is 8.94. The first kappa shape index (κ1) is 21.2. The Balaban J connectivity index is 1.69. The topological polar surface area (TPSA) is 105 Å². The van der Waals surface area contributed by atoms with Gasteiger partial charge >= 0.3 is 5.97 Å². The van der Waals surface area contributed by atoms with Gasteiger partial charge in [0.15, 0.2) is 0 Å². The highest BCUT2D eigenvalue weighted by Gasteiger charge is 2.10. The number of benzene rings is 1. The van der Waals surface area contributed by atoms with Crippen LogP contribution in [0.15, 0.2) is 53.8 Å². The molecule has 0 fully saturated rings. The Morgan fingerprint density at radius 1 is 1.14 bits per heavy atom. The van der Waals surface area contributed by atoms with Crippen LogP contribution in [0.1, 0.15) is 36.0 Å². The summed E-state index contributed by atoms with van der Waals surface area (Å²) in [6.07, 6.45) is 8.51. The molecule has 0 saturated carbocycles. The fourth-order valence-corrected chi connectivity index (χ4v) is 2.70. The molecule has 2 aromatic rings. The second-order valence-corrected chi connectivity index (χ2v) is 6.42. The van der Waals surface area contributed by atoms with E-state index >= 15 is 0 Å². The van der Waals surface area contributed by atoms with Crippen molar-refractivity contribution >= 4 is 29.2 Å². The van der Waals surface area contributed by atoms with Gasteiger partial charge in [0, 0.05) is 29.6 Å². The Morgan fingerprint density at radius 3 is 2.50 bits per heavy atom. The zero-order chi connectivity index (χ0) is 20.2. The van der Waals surface area contributed by atoms with E-state index in [1.807, 2.05) is 12.1 Å². The Morgan fingerprint density at radius 2 is 1.82 bits per heavy atom. The summed E-state index contributed by atoms with van der Waals surface area (Å²) >= 11 is 5.80. The summed E-state index contributed by atoms with van der Waals surface area (Å²) in [6.45, 7) is 0.999. The smallest absolute Gasteiger partial charge is 0.338 e. The quantitative estimate of drug-likeness (QED) is 0.226. The van der Waals surface area contributed by atoms with Gasteiger partial charge in [-0.25, -0.2) is 4.79 Å².